The van der Waals surface area contributed by atoms with Crippen LogP contribution in [0, 0.1) is 0 Å². The molecule has 0 aromatic carbocycles. The second kappa shape index (κ2) is 45.8. The van der Waals surface area contributed by atoms with Gasteiger partial charge in [0.25, 0.3) is 0 Å². The third-order valence-electron chi connectivity index (χ3n) is 10.1. The molecular weight excluding hydrogens is 709 g/mol. The lowest BCUT2D eigenvalue weighted by atomic mass is 10.0. The fraction of sp³-hybridized carbons (Fsp3) is 0.745. The molecule has 0 aromatic heterocycles. The summed E-state index contributed by atoms with van der Waals surface area (Å²) in [5, 5.41) is 0. The van der Waals surface area contributed by atoms with E-state index in [4.69, 9.17) is 14.2 Å². The molecule has 6 heteroatoms. The summed E-state index contributed by atoms with van der Waals surface area (Å²) in [6, 6.07) is 0. The van der Waals surface area contributed by atoms with Crippen LogP contribution in [0.2, 0.25) is 0 Å². The second-order valence-corrected chi connectivity index (χ2v) is 15.7. The Hall–Kier alpha value is -2.89. The van der Waals surface area contributed by atoms with Crippen molar-refractivity contribution in [1.82, 2.24) is 0 Å². The molecule has 0 bridgehead atoms. The van der Waals surface area contributed by atoms with E-state index in [1.807, 2.05) is 36.5 Å². The summed E-state index contributed by atoms with van der Waals surface area (Å²) in [6.07, 6.45) is 54.9. The van der Waals surface area contributed by atoms with Crippen LogP contribution in [-0.4, -0.2) is 37.2 Å². The van der Waals surface area contributed by atoms with Crippen LogP contribution < -0.4 is 0 Å². The Balaban J connectivity index is 4.46. The molecular formula is C51H88O6. The van der Waals surface area contributed by atoms with Gasteiger partial charge in [0.05, 0.1) is 0 Å². The normalized spacial score (nSPS) is 12.5. The highest BCUT2D eigenvalue weighted by Gasteiger charge is 2.19. The zero-order chi connectivity index (χ0) is 41.5. The van der Waals surface area contributed by atoms with Crippen molar-refractivity contribution in [3.63, 3.8) is 0 Å². The van der Waals surface area contributed by atoms with Crippen LogP contribution in [0.4, 0.5) is 0 Å². The van der Waals surface area contributed by atoms with E-state index in [0.717, 1.165) is 77.0 Å². The molecule has 0 heterocycles. The molecule has 6 nitrogen and oxygen atoms in total. The van der Waals surface area contributed by atoms with Gasteiger partial charge in [-0.25, -0.2) is 0 Å². The highest BCUT2D eigenvalue weighted by molar-refractivity contribution is 5.71. The fourth-order valence-electron chi connectivity index (χ4n) is 6.51. The lowest BCUT2D eigenvalue weighted by molar-refractivity contribution is -0.167. The lowest BCUT2D eigenvalue weighted by Gasteiger charge is -2.18. The van der Waals surface area contributed by atoms with E-state index in [1.54, 1.807) is 0 Å². The molecule has 0 fully saturated rings. The summed E-state index contributed by atoms with van der Waals surface area (Å²) in [5.41, 5.74) is 0. The number of hydrogen-bond acceptors (Lipinski definition) is 6. The summed E-state index contributed by atoms with van der Waals surface area (Å²) >= 11 is 0. The van der Waals surface area contributed by atoms with Gasteiger partial charge in [-0.15, -0.1) is 0 Å². The second-order valence-electron chi connectivity index (χ2n) is 15.7. The summed E-state index contributed by atoms with van der Waals surface area (Å²) < 4.78 is 16.7. The van der Waals surface area contributed by atoms with Gasteiger partial charge in [-0.05, 0) is 64.2 Å². The number of hydrogen-bond donors (Lipinski definition) is 0. The Morgan fingerprint density at radius 1 is 0.368 bits per heavy atom. The average molecular weight is 797 g/mol. The third-order valence-corrected chi connectivity index (χ3v) is 10.1. The van der Waals surface area contributed by atoms with Gasteiger partial charge in [0.15, 0.2) is 6.10 Å². The third kappa shape index (κ3) is 44.1. The first-order valence-electron chi connectivity index (χ1n) is 23.8. The van der Waals surface area contributed by atoms with E-state index in [9.17, 15) is 14.4 Å². The van der Waals surface area contributed by atoms with Gasteiger partial charge in [-0.2, -0.15) is 0 Å². The number of esters is 3. The standard InChI is InChI=1S/C51H88O6/c1-4-7-10-13-16-19-22-25-27-29-32-35-38-41-44-50(53)56-47-48(46-55-49(52)43-40-37-34-31-28-24-21-18-15-12-9-6-3)57-51(54)45-42-39-36-33-30-26-23-20-17-14-11-8-5-2/h8,11,14,17,20,23,26-27,29-30,48H,4-7,9-10,12-13,15-16,18-19,21-22,24-25,28,31-47H2,1-3H3/b11-8-,17-14-,23-20-,29-27-,30-26-. The quantitative estimate of drug-likeness (QED) is 0.0201. The maximum absolute atomic E-state index is 12.7. The van der Waals surface area contributed by atoms with Gasteiger partial charge in [-0.1, -0.05) is 204 Å². The van der Waals surface area contributed by atoms with Crippen LogP contribution in [-0.2, 0) is 28.6 Å². The zero-order valence-corrected chi connectivity index (χ0v) is 37.3. The molecule has 57 heavy (non-hydrogen) atoms. The average Bonchev–Trinajstić information content (AvgIpc) is 3.21. The minimum Gasteiger partial charge on any atom is -0.462 e. The molecule has 0 aromatic rings. The predicted octanol–water partition coefficient (Wildman–Crippen LogP) is 15.3. The van der Waals surface area contributed by atoms with Crippen molar-refractivity contribution in [2.24, 2.45) is 0 Å². The molecule has 0 rings (SSSR count). The maximum Gasteiger partial charge on any atom is 0.306 e. The van der Waals surface area contributed by atoms with Crippen LogP contribution in [0.25, 0.3) is 0 Å². The molecule has 0 aliphatic heterocycles. The maximum atomic E-state index is 12.7. The van der Waals surface area contributed by atoms with Gasteiger partial charge in [-0.3, -0.25) is 14.4 Å². The van der Waals surface area contributed by atoms with Gasteiger partial charge < -0.3 is 14.2 Å². The van der Waals surface area contributed by atoms with E-state index in [1.165, 1.54) is 103 Å². The Bertz CT molecular complexity index is 1050. The summed E-state index contributed by atoms with van der Waals surface area (Å²) in [5.74, 6) is -0.950. The van der Waals surface area contributed by atoms with Gasteiger partial charge in [0.1, 0.15) is 13.2 Å². The predicted molar refractivity (Wildman–Crippen MR) is 242 cm³/mol. The molecule has 0 saturated heterocycles. The number of allylic oxidation sites excluding steroid dienone is 10. The first kappa shape index (κ1) is 54.1. The van der Waals surface area contributed by atoms with E-state index in [0.29, 0.717) is 19.3 Å². The molecule has 0 radical (unpaired) electrons. The zero-order valence-electron chi connectivity index (χ0n) is 37.3. The van der Waals surface area contributed by atoms with Crippen molar-refractivity contribution in [3.05, 3.63) is 60.8 Å². The van der Waals surface area contributed by atoms with Crippen molar-refractivity contribution in [1.29, 1.82) is 0 Å². The molecule has 0 saturated carbocycles. The minimum absolute atomic E-state index is 0.0936. The monoisotopic (exact) mass is 797 g/mol. The molecule has 0 aliphatic rings. The Morgan fingerprint density at radius 2 is 0.702 bits per heavy atom. The highest BCUT2D eigenvalue weighted by Crippen LogP contribution is 2.14. The van der Waals surface area contributed by atoms with Crippen molar-refractivity contribution < 1.29 is 28.6 Å². The molecule has 1 atom stereocenters. The first-order chi connectivity index (χ1) is 28.0. The summed E-state index contributed by atoms with van der Waals surface area (Å²) in [4.78, 5) is 37.8. The van der Waals surface area contributed by atoms with E-state index >= 15 is 0 Å². The largest absolute Gasteiger partial charge is 0.462 e. The van der Waals surface area contributed by atoms with Gasteiger partial charge in [0, 0.05) is 19.3 Å². The topological polar surface area (TPSA) is 78.9 Å². The van der Waals surface area contributed by atoms with Crippen LogP contribution in [0.3, 0.4) is 0 Å². The van der Waals surface area contributed by atoms with E-state index in [-0.39, 0.29) is 37.5 Å². The number of rotatable bonds is 42. The van der Waals surface area contributed by atoms with Crippen molar-refractivity contribution in [2.75, 3.05) is 13.2 Å². The summed E-state index contributed by atoms with van der Waals surface area (Å²) in [6.45, 7) is 6.44. The number of unbranched alkanes of at least 4 members (excludes halogenated alkanes) is 24. The number of ether oxygens (including phenoxy) is 3. The molecule has 1 unspecified atom stereocenters. The van der Waals surface area contributed by atoms with Crippen molar-refractivity contribution >= 4 is 17.9 Å². The fourth-order valence-corrected chi connectivity index (χ4v) is 6.51. The molecule has 328 valence electrons. The Morgan fingerprint density at radius 3 is 1.14 bits per heavy atom. The Labute approximate surface area is 351 Å². The van der Waals surface area contributed by atoms with E-state index in [2.05, 4.69) is 45.1 Å². The van der Waals surface area contributed by atoms with Gasteiger partial charge in [0.2, 0.25) is 0 Å². The number of carbonyl (C=O) groups excluding carboxylic acids is 3. The smallest absolute Gasteiger partial charge is 0.306 e. The van der Waals surface area contributed by atoms with Crippen LogP contribution >= 0.6 is 0 Å². The SMILES string of the molecule is CC\C=C/C=C\C=C/C=C\CCCCCC(=O)OC(COC(=O)CCCCC/C=C\CCCCCCCCC)COC(=O)CCCCCCCCCCCCCC. The molecule has 0 spiro atoms. The van der Waals surface area contributed by atoms with E-state index < -0.39 is 6.10 Å². The number of carbonyl (C=O) groups is 3. The van der Waals surface area contributed by atoms with Crippen LogP contribution in [0.5, 0.6) is 0 Å². The molecule has 0 N–H and O–H groups in total. The van der Waals surface area contributed by atoms with Crippen LogP contribution in [0.15, 0.2) is 60.8 Å². The summed E-state index contributed by atoms with van der Waals surface area (Å²) in [7, 11) is 0. The molecule has 0 aliphatic carbocycles. The van der Waals surface area contributed by atoms with Crippen molar-refractivity contribution in [2.45, 2.75) is 232 Å². The minimum atomic E-state index is -0.796. The highest BCUT2D eigenvalue weighted by atomic mass is 16.6. The van der Waals surface area contributed by atoms with Gasteiger partial charge >= 0.3 is 17.9 Å². The first-order valence-corrected chi connectivity index (χ1v) is 23.8. The Kier molecular flexibility index (Phi) is 43.5. The lowest BCUT2D eigenvalue weighted by Crippen LogP contribution is -2.30. The van der Waals surface area contributed by atoms with Crippen LogP contribution in [0.1, 0.15) is 226 Å². The van der Waals surface area contributed by atoms with Crippen molar-refractivity contribution in [3.8, 4) is 0 Å². The molecule has 0 amide bonds.